The second kappa shape index (κ2) is 9.31. The van der Waals surface area contributed by atoms with Crippen LogP contribution in [0.25, 0.3) is 0 Å². The first-order valence-electron chi connectivity index (χ1n) is 10.8. The normalized spacial score (nSPS) is 19.8. The third kappa shape index (κ3) is 4.77. The minimum absolute atomic E-state index is 0.0950. The molecule has 2 aromatic rings. The molecule has 1 saturated heterocycles. The van der Waals surface area contributed by atoms with Crippen molar-refractivity contribution in [3.8, 4) is 0 Å². The standard InChI is InChI=1S/C24H29N5O2/c1-18-8-5-6-9-19(18)17-27-12-7-13-28(15-14-27)24(31)21-16-22(23(25)30)29(26-21)20-10-3-2-4-11-20/h2-6,8-11,22H,7,12-17H2,1H3,(H2,25,30). The lowest BCUT2D eigenvalue weighted by Gasteiger charge is -2.22. The largest absolute Gasteiger partial charge is 0.368 e. The monoisotopic (exact) mass is 419 g/mol. The molecule has 162 valence electrons. The second-order valence-electron chi connectivity index (χ2n) is 8.20. The Balaban J connectivity index is 1.43. The summed E-state index contributed by atoms with van der Waals surface area (Å²) in [5.41, 5.74) is 9.39. The van der Waals surface area contributed by atoms with Crippen LogP contribution in [0.3, 0.4) is 0 Å². The number of hydrazone groups is 1. The number of rotatable bonds is 5. The Labute approximate surface area is 183 Å². The van der Waals surface area contributed by atoms with Gasteiger partial charge in [0.15, 0.2) is 0 Å². The van der Waals surface area contributed by atoms with Gasteiger partial charge >= 0.3 is 0 Å². The van der Waals surface area contributed by atoms with Crippen LogP contribution in [-0.2, 0) is 16.1 Å². The summed E-state index contributed by atoms with van der Waals surface area (Å²) in [6.07, 6.45) is 1.15. The molecule has 1 fully saturated rings. The summed E-state index contributed by atoms with van der Waals surface area (Å²) in [5, 5.41) is 6.09. The molecule has 7 nitrogen and oxygen atoms in total. The molecule has 1 unspecified atom stereocenters. The third-order valence-corrected chi connectivity index (χ3v) is 6.04. The van der Waals surface area contributed by atoms with Gasteiger partial charge in [-0.25, -0.2) is 0 Å². The molecular weight excluding hydrogens is 390 g/mol. The van der Waals surface area contributed by atoms with Gasteiger partial charge in [-0.05, 0) is 36.6 Å². The Kier molecular flexibility index (Phi) is 6.32. The first-order valence-corrected chi connectivity index (χ1v) is 10.8. The van der Waals surface area contributed by atoms with Crippen LogP contribution in [-0.4, -0.2) is 59.5 Å². The van der Waals surface area contributed by atoms with Gasteiger partial charge in [0.1, 0.15) is 11.8 Å². The maximum absolute atomic E-state index is 13.2. The van der Waals surface area contributed by atoms with E-state index in [1.54, 1.807) is 5.01 Å². The summed E-state index contributed by atoms with van der Waals surface area (Å²) in [6, 6.07) is 17.2. The van der Waals surface area contributed by atoms with Crippen LogP contribution in [0.1, 0.15) is 24.0 Å². The minimum Gasteiger partial charge on any atom is -0.368 e. The molecule has 0 spiro atoms. The SMILES string of the molecule is Cc1ccccc1CN1CCCN(C(=O)C2=NN(c3ccccc3)C(C(N)=O)C2)CC1. The fourth-order valence-corrected chi connectivity index (χ4v) is 4.22. The van der Waals surface area contributed by atoms with E-state index in [-0.39, 0.29) is 12.3 Å². The molecule has 7 heteroatoms. The van der Waals surface area contributed by atoms with Crippen LogP contribution in [0.15, 0.2) is 59.7 Å². The number of hydrogen-bond acceptors (Lipinski definition) is 5. The van der Waals surface area contributed by atoms with Crippen molar-refractivity contribution in [1.82, 2.24) is 9.80 Å². The number of nitrogens with two attached hydrogens (primary N) is 1. The molecule has 0 aliphatic carbocycles. The zero-order valence-corrected chi connectivity index (χ0v) is 17.9. The molecule has 2 aliphatic rings. The zero-order chi connectivity index (χ0) is 21.8. The number of primary amides is 1. The molecule has 0 bridgehead atoms. The topological polar surface area (TPSA) is 82.2 Å². The van der Waals surface area contributed by atoms with Gasteiger partial charge in [-0.2, -0.15) is 5.10 Å². The molecule has 2 heterocycles. The van der Waals surface area contributed by atoms with Crippen molar-refractivity contribution in [2.24, 2.45) is 10.8 Å². The lowest BCUT2D eigenvalue weighted by Crippen LogP contribution is -2.41. The van der Waals surface area contributed by atoms with E-state index >= 15 is 0 Å². The lowest BCUT2D eigenvalue weighted by atomic mass is 10.1. The van der Waals surface area contributed by atoms with Crippen LogP contribution >= 0.6 is 0 Å². The van der Waals surface area contributed by atoms with E-state index < -0.39 is 11.9 Å². The Morgan fingerprint density at radius 3 is 2.48 bits per heavy atom. The second-order valence-corrected chi connectivity index (χ2v) is 8.20. The van der Waals surface area contributed by atoms with Crippen molar-refractivity contribution in [2.45, 2.75) is 32.4 Å². The fourth-order valence-electron chi connectivity index (χ4n) is 4.22. The molecule has 2 aromatic carbocycles. The number of aryl methyl sites for hydroxylation is 1. The zero-order valence-electron chi connectivity index (χ0n) is 17.9. The Morgan fingerprint density at radius 1 is 1.00 bits per heavy atom. The first-order chi connectivity index (χ1) is 15.0. The highest BCUT2D eigenvalue weighted by molar-refractivity contribution is 6.40. The van der Waals surface area contributed by atoms with Crippen LogP contribution in [0.5, 0.6) is 0 Å². The summed E-state index contributed by atoms with van der Waals surface area (Å²) in [6.45, 7) is 6.13. The van der Waals surface area contributed by atoms with Crippen molar-refractivity contribution in [3.05, 3.63) is 65.7 Å². The molecule has 0 radical (unpaired) electrons. The van der Waals surface area contributed by atoms with Gasteiger partial charge in [0, 0.05) is 39.1 Å². The molecule has 2 aliphatic heterocycles. The smallest absolute Gasteiger partial charge is 0.270 e. The number of amides is 2. The van der Waals surface area contributed by atoms with E-state index in [4.69, 9.17) is 5.73 Å². The summed E-state index contributed by atoms with van der Waals surface area (Å²) in [5.74, 6) is -0.571. The summed E-state index contributed by atoms with van der Waals surface area (Å²) < 4.78 is 0. The van der Waals surface area contributed by atoms with Gasteiger partial charge < -0.3 is 10.6 Å². The van der Waals surface area contributed by atoms with Gasteiger partial charge in [-0.15, -0.1) is 0 Å². The van der Waals surface area contributed by atoms with Gasteiger partial charge in [0.25, 0.3) is 5.91 Å². The van der Waals surface area contributed by atoms with Crippen LogP contribution in [0.4, 0.5) is 5.69 Å². The first kappa shape index (κ1) is 21.1. The van der Waals surface area contributed by atoms with Gasteiger partial charge in [0.2, 0.25) is 5.91 Å². The summed E-state index contributed by atoms with van der Waals surface area (Å²) in [7, 11) is 0. The lowest BCUT2D eigenvalue weighted by molar-refractivity contribution is -0.124. The van der Waals surface area contributed by atoms with Crippen molar-refractivity contribution in [1.29, 1.82) is 0 Å². The fraction of sp³-hybridized carbons (Fsp3) is 0.375. The average molecular weight is 420 g/mol. The summed E-state index contributed by atoms with van der Waals surface area (Å²) >= 11 is 0. The average Bonchev–Trinajstić information content (AvgIpc) is 3.10. The van der Waals surface area contributed by atoms with Crippen molar-refractivity contribution >= 4 is 23.2 Å². The summed E-state index contributed by atoms with van der Waals surface area (Å²) in [4.78, 5) is 29.5. The number of nitrogens with zero attached hydrogens (tertiary/aromatic N) is 4. The maximum Gasteiger partial charge on any atom is 0.270 e. The molecule has 2 N–H and O–H groups in total. The highest BCUT2D eigenvalue weighted by Gasteiger charge is 2.36. The van der Waals surface area contributed by atoms with E-state index in [1.807, 2.05) is 35.2 Å². The number of hydrogen-bond donors (Lipinski definition) is 1. The van der Waals surface area contributed by atoms with E-state index in [1.165, 1.54) is 11.1 Å². The van der Waals surface area contributed by atoms with E-state index in [2.05, 4.69) is 41.2 Å². The highest BCUT2D eigenvalue weighted by Crippen LogP contribution is 2.25. The molecule has 1 atom stereocenters. The third-order valence-electron chi connectivity index (χ3n) is 6.04. The van der Waals surface area contributed by atoms with E-state index in [0.29, 0.717) is 18.8 Å². The van der Waals surface area contributed by atoms with Crippen molar-refractivity contribution in [3.63, 3.8) is 0 Å². The maximum atomic E-state index is 13.2. The Bertz CT molecular complexity index is 975. The number of benzene rings is 2. The predicted molar refractivity (Wildman–Crippen MR) is 122 cm³/mol. The number of para-hydroxylation sites is 1. The highest BCUT2D eigenvalue weighted by atomic mass is 16.2. The molecule has 31 heavy (non-hydrogen) atoms. The van der Waals surface area contributed by atoms with Crippen LogP contribution in [0.2, 0.25) is 0 Å². The van der Waals surface area contributed by atoms with Crippen molar-refractivity contribution in [2.75, 3.05) is 31.2 Å². The molecule has 2 amide bonds. The Morgan fingerprint density at radius 2 is 1.74 bits per heavy atom. The van der Waals surface area contributed by atoms with Gasteiger partial charge in [-0.1, -0.05) is 42.5 Å². The van der Waals surface area contributed by atoms with E-state index in [0.717, 1.165) is 31.7 Å². The number of anilines is 1. The molecule has 0 saturated carbocycles. The van der Waals surface area contributed by atoms with Gasteiger partial charge in [-0.3, -0.25) is 19.5 Å². The van der Waals surface area contributed by atoms with Crippen LogP contribution in [0, 0.1) is 6.92 Å². The quantitative estimate of drug-likeness (QED) is 0.805. The Hall–Kier alpha value is -3.19. The van der Waals surface area contributed by atoms with E-state index in [9.17, 15) is 9.59 Å². The number of carbonyl (C=O) groups is 2. The van der Waals surface area contributed by atoms with Crippen molar-refractivity contribution < 1.29 is 9.59 Å². The molecule has 0 aromatic heterocycles. The minimum atomic E-state index is -0.633. The molecular formula is C24H29N5O2. The van der Waals surface area contributed by atoms with Gasteiger partial charge in [0.05, 0.1) is 5.69 Å². The predicted octanol–water partition coefficient (Wildman–Crippen LogP) is 2.15. The number of carbonyl (C=O) groups excluding carboxylic acids is 2. The molecule has 4 rings (SSSR count). The van der Waals surface area contributed by atoms with Crippen LogP contribution < -0.4 is 10.7 Å².